The topological polar surface area (TPSA) is 33.7 Å². The molecule has 1 aliphatic heterocycles. The fourth-order valence-corrected chi connectivity index (χ4v) is 7.26. The number of allylic oxidation sites excluding steroid dienone is 3. The van der Waals surface area contributed by atoms with Crippen LogP contribution in [0.3, 0.4) is 0 Å². The Morgan fingerprint density at radius 2 is 1.79 bits per heavy atom. The summed E-state index contributed by atoms with van der Waals surface area (Å²) in [6.07, 6.45) is 19.7. The van der Waals surface area contributed by atoms with E-state index >= 15 is 0 Å². The van der Waals surface area contributed by atoms with Crippen molar-refractivity contribution in [2.75, 3.05) is 12.3 Å². The number of nitrogens with two attached hydrogens (primary N) is 1. The average molecular weight is 582 g/mol. The monoisotopic (exact) mass is 581 g/mol. The van der Waals surface area contributed by atoms with E-state index in [0.29, 0.717) is 5.70 Å². The molecular weight excluding hydrogens is 531 g/mol. The number of nitrogens with zero attached hydrogens (tertiary/aromatic N) is 2. The van der Waals surface area contributed by atoms with Crippen molar-refractivity contribution >= 4 is 23.2 Å². The first-order valence-electron chi connectivity index (χ1n) is 15.8. The van der Waals surface area contributed by atoms with E-state index in [-0.39, 0.29) is 0 Å². The molecule has 1 aromatic carbocycles. The summed E-state index contributed by atoms with van der Waals surface area (Å²) < 4.78 is 4.73. The van der Waals surface area contributed by atoms with Crippen LogP contribution in [0.25, 0.3) is 22.3 Å². The van der Waals surface area contributed by atoms with Crippen LogP contribution >= 0.6 is 11.9 Å². The average Bonchev–Trinajstić information content (AvgIpc) is 3.56. The molecule has 3 aliphatic rings. The normalized spacial score (nSPS) is 16.7. The lowest BCUT2D eigenvalue weighted by Gasteiger charge is -2.24. The molecule has 1 fully saturated rings. The second kappa shape index (κ2) is 14.9. The Kier molecular flexibility index (Phi) is 11.3. The molecule has 0 spiro atoms. The van der Waals surface area contributed by atoms with E-state index in [2.05, 4.69) is 104 Å². The van der Waals surface area contributed by atoms with Crippen LogP contribution in [-0.2, 0) is 6.42 Å². The van der Waals surface area contributed by atoms with Crippen LogP contribution in [0, 0.1) is 19.8 Å². The Bertz CT molecular complexity index is 1460. The van der Waals surface area contributed by atoms with Gasteiger partial charge in [-0.2, -0.15) is 0 Å². The van der Waals surface area contributed by atoms with Crippen molar-refractivity contribution < 1.29 is 0 Å². The van der Waals surface area contributed by atoms with Crippen molar-refractivity contribution in [1.29, 1.82) is 0 Å². The smallest absolute Gasteiger partial charge is 0.0488 e. The zero-order valence-electron chi connectivity index (χ0n) is 26.6. The van der Waals surface area contributed by atoms with E-state index in [1.165, 1.54) is 77.4 Å². The van der Waals surface area contributed by atoms with Crippen LogP contribution in [0.15, 0.2) is 84.9 Å². The van der Waals surface area contributed by atoms with Gasteiger partial charge in [-0.15, -0.1) is 0 Å². The highest BCUT2D eigenvalue weighted by Gasteiger charge is 2.20. The highest BCUT2D eigenvalue weighted by Crippen LogP contribution is 2.36. The van der Waals surface area contributed by atoms with Gasteiger partial charge in [-0.3, -0.25) is 0 Å². The Morgan fingerprint density at radius 3 is 2.43 bits per heavy atom. The predicted octanol–water partition coefficient (Wildman–Crippen LogP) is 10.4. The van der Waals surface area contributed by atoms with Gasteiger partial charge in [0.25, 0.3) is 0 Å². The van der Waals surface area contributed by atoms with Crippen LogP contribution in [-0.4, -0.2) is 21.0 Å². The second-order valence-corrected chi connectivity index (χ2v) is 13.3. The summed E-state index contributed by atoms with van der Waals surface area (Å²) in [6, 6.07) is 11.4. The van der Waals surface area contributed by atoms with Crippen LogP contribution in [0.5, 0.6) is 0 Å². The van der Waals surface area contributed by atoms with Gasteiger partial charge in [0.2, 0.25) is 0 Å². The van der Waals surface area contributed by atoms with Crippen molar-refractivity contribution in [3.8, 4) is 11.1 Å². The van der Waals surface area contributed by atoms with Crippen molar-refractivity contribution in [1.82, 2.24) is 8.71 Å². The van der Waals surface area contributed by atoms with Gasteiger partial charge in [-0.1, -0.05) is 94.2 Å². The standard InChI is InChI=1S/C29H32N2S.C6H12.C3H7N/c1-5-23-15-26(22(4)31-13-12-24-8-6-7-9-25(24)19-32-31)17-30-18-27(16-29(23)30)28-11-10-20(2)14-21(28)3;1-6-4-2-3-5-6;1-3(2)4/h6,8,10-11,14-18H,4-5,7,9,12-13,19H2,1-3H3;6H,2-5H2,1H3;1,4H2,2H3. The molecule has 6 rings (SSSR count). The SMILES string of the molecule is C=C(C)N.C=C(c1cc(CC)c2cc(-c3ccc(C)cc3C)cn2c1)N1CCC2=C(CCC=C2)CS1.CC1CCCC1. The molecule has 0 amide bonds. The molecule has 2 N–H and O–H groups in total. The van der Waals surface area contributed by atoms with Gasteiger partial charge in [0.1, 0.15) is 0 Å². The lowest BCUT2D eigenvalue weighted by atomic mass is 9.96. The summed E-state index contributed by atoms with van der Waals surface area (Å²) in [5.41, 5.74) is 19.0. The molecule has 224 valence electrons. The maximum Gasteiger partial charge on any atom is 0.0488 e. The van der Waals surface area contributed by atoms with Gasteiger partial charge >= 0.3 is 0 Å². The summed E-state index contributed by atoms with van der Waals surface area (Å²) in [5, 5.41) is 0. The summed E-state index contributed by atoms with van der Waals surface area (Å²) in [4.78, 5) is 0. The Hall–Kier alpha value is -3.11. The minimum absolute atomic E-state index is 0.667. The molecule has 0 saturated heterocycles. The molecule has 0 bridgehead atoms. The van der Waals surface area contributed by atoms with Gasteiger partial charge in [0.15, 0.2) is 0 Å². The second-order valence-electron chi connectivity index (χ2n) is 12.3. The molecule has 0 unspecified atom stereocenters. The summed E-state index contributed by atoms with van der Waals surface area (Å²) in [7, 11) is 0. The highest BCUT2D eigenvalue weighted by molar-refractivity contribution is 7.97. The lowest BCUT2D eigenvalue weighted by Crippen LogP contribution is -2.15. The first kappa shape index (κ1) is 31.8. The number of benzene rings is 1. The third-order valence-corrected chi connectivity index (χ3v) is 9.69. The van der Waals surface area contributed by atoms with E-state index in [9.17, 15) is 0 Å². The molecular formula is C38H51N3S. The molecule has 4 heteroatoms. The van der Waals surface area contributed by atoms with Crippen LogP contribution in [0.4, 0.5) is 0 Å². The number of aryl methyl sites for hydroxylation is 3. The van der Waals surface area contributed by atoms with Gasteiger partial charge in [-0.25, -0.2) is 0 Å². The molecule has 3 heterocycles. The fourth-order valence-electron chi connectivity index (χ4n) is 6.13. The van der Waals surface area contributed by atoms with E-state index in [4.69, 9.17) is 5.73 Å². The molecule has 2 aliphatic carbocycles. The predicted molar refractivity (Wildman–Crippen MR) is 187 cm³/mol. The third kappa shape index (κ3) is 8.25. The molecule has 1 saturated carbocycles. The van der Waals surface area contributed by atoms with Crippen molar-refractivity contribution in [2.24, 2.45) is 11.7 Å². The van der Waals surface area contributed by atoms with Gasteiger partial charge < -0.3 is 14.4 Å². The molecule has 0 radical (unpaired) electrons. The van der Waals surface area contributed by atoms with Crippen LogP contribution < -0.4 is 5.73 Å². The largest absolute Gasteiger partial charge is 0.403 e. The maximum absolute atomic E-state index is 4.92. The van der Waals surface area contributed by atoms with E-state index < -0.39 is 0 Å². The fraction of sp³-hybridized carbons (Fsp3) is 0.421. The minimum atomic E-state index is 0.667. The van der Waals surface area contributed by atoms with E-state index in [0.717, 1.165) is 36.8 Å². The number of fused-ring (bicyclic) bond motifs is 1. The van der Waals surface area contributed by atoms with Crippen LogP contribution in [0.1, 0.15) is 88.0 Å². The molecule has 3 nitrogen and oxygen atoms in total. The number of aromatic nitrogens is 1. The number of rotatable bonds is 4. The lowest BCUT2D eigenvalue weighted by molar-refractivity contribution is 0.612. The van der Waals surface area contributed by atoms with Gasteiger partial charge in [-0.05, 0) is 104 Å². The van der Waals surface area contributed by atoms with E-state index in [1.807, 2.05) is 11.9 Å². The number of hydrogen-bond acceptors (Lipinski definition) is 3. The summed E-state index contributed by atoms with van der Waals surface area (Å²) in [5.74, 6) is 2.13. The Labute approximate surface area is 259 Å². The third-order valence-electron chi connectivity index (χ3n) is 8.50. The maximum atomic E-state index is 4.92. The van der Waals surface area contributed by atoms with Crippen molar-refractivity contribution in [3.63, 3.8) is 0 Å². The summed E-state index contributed by atoms with van der Waals surface area (Å²) in [6.45, 7) is 19.6. The molecule has 3 aromatic rings. The first-order chi connectivity index (χ1) is 20.2. The molecule has 42 heavy (non-hydrogen) atoms. The zero-order valence-corrected chi connectivity index (χ0v) is 27.5. The number of hydrogen-bond donors (Lipinski definition) is 1. The van der Waals surface area contributed by atoms with Crippen LogP contribution in [0.2, 0.25) is 0 Å². The van der Waals surface area contributed by atoms with Crippen molar-refractivity contribution in [3.05, 3.63) is 107 Å². The Balaban J connectivity index is 0.000000346. The van der Waals surface area contributed by atoms with E-state index in [1.54, 1.807) is 18.1 Å². The van der Waals surface area contributed by atoms with Gasteiger partial charge in [0.05, 0.1) is 0 Å². The number of pyridine rings is 1. The van der Waals surface area contributed by atoms with Gasteiger partial charge in [0, 0.05) is 47.0 Å². The highest BCUT2D eigenvalue weighted by atomic mass is 32.2. The first-order valence-corrected chi connectivity index (χ1v) is 16.7. The minimum Gasteiger partial charge on any atom is -0.403 e. The molecule has 0 atom stereocenters. The Morgan fingerprint density at radius 1 is 1.05 bits per heavy atom. The zero-order chi connectivity index (χ0) is 30.2. The van der Waals surface area contributed by atoms with Crippen molar-refractivity contribution in [2.45, 2.75) is 86.0 Å². The molecule has 2 aromatic heterocycles. The quantitative estimate of drug-likeness (QED) is 0.311. The summed E-state index contributed by atoms with van der Waals surface area (Å²) >= 11 is 1.93.